The first-order valence-corrected chi connectivity index (χ1v) is 9.58. The number of nitrogens with one attached hydrogen (secondary N) is 2. The zero-order valence-electron chi connectivity index (χ0n) is 18.0. The minimum Gasteiger partial charge on any atom is -0.490 e. The van der Waals surface area contributed by atoms with Crippen molar-refractivity contribution in [1.82, 2.24) is 20.4 Å². The van der Waals surface area contributed by atoms with Gasteiger partial charge in [-0.3, -0.25) is 4.68 Å². The Morgan fingerprint density at radius 2 is 1.97 bits per heavy atom. The quantitative estimate of drug-likeness (QED) is 0.289. The molecule has 1 aromatic heterocycles. The summed E-state index contributed by atoms with van der Waals surface area (Å²) in [5.41, 5.74) is 3.63. The number of nitrogens with zero attached hydrogens (tertiary/aromatic N) is 3. The molecule has 1 heterocycles. The lowest BCUT2D eigenvalue weighted by Crippen LogP contribution is -2.37. The number of aromatic nitrogens is 2. The average Bonchev–Trinajstić information content (AvgIpc) is 2.91. The molecule has 0 fully saturated rings. The summed E-state index contributed by atoms with van der Waals surface area (Å²) in [5.74, 6) is 0.864. The molecule has 0 saturated heterocycles. The van der Waals surface area contributed by atoms with Gasteiger partial charge in [0.25, 0.3) is 0 Å². The number of hydrogen-bond acceptors (Lipinski definition) is 4. The summed E-state index contributed by atoms with van der Waals surface area (Å²) >= 11 is 0. The van der Waals surface area contributed by atoms with Crippen LogP contribution in [-0.2, 0) is 20.1 Å². The van der Waals surface area contributed by atoms with Gasteiger partial charge in [-0.2, -0.15) is 13.9 Å². The highest BCUT2D eigenvalue weighted by molar-refractivity contribution is 14.0. The maximum absolute atomic E-state index is 12.9. The van der Waals surface area contributed by atoms with E-state index in [1.165, 1.54) is 0 Å². The number of ether oxygens (including phenoxy) is 2. The van der Waals surface area contributed by atoms with Crippen molar-refractivity contribution in [3.63, 3.8) is 0 Å². The van der Waals surface area contributed by atoms with Gasteiger partial charge in [-0.15, -0.1) is 24.0 Å². The minimum atomic E-state index is -2.94. The van der Waals surface area contributed by atoms with Crippen molar-refractivity contribution in [1.29, 1.82) is 0 Å². The molecule has 0 bridgehead atoms. The number of benzene rings is 1. The fraction of sp³-hybridized carbons (Fsp3) is 0.500. The van der Waals surface area contributed by atoms with E-state index in [2.05, 4.69) is 20.7 Å². The highest BCUT2D eigenvalue weighted by atomic mass is 127. The van der Waals surface area contributed by atoms with Crippen LogP contribution in [-0.4, -0.2) is 35.5 Å². The number of aliphatic imine (C=N–C) groups is 1. The van der Waals surface area contributed by atoms with Crippen LogP contribution in [0.4, 0.5) is 8.78 Å². The zero-order valence-corrected chi connectivity index (χ0v) is 20.3. The molecule has 0 aliphatic heterocycles. The molecule has 168 valence electrons. The molecule has 2 rings (SSSR count). The van der Waals surface area contributed by atoms with Crippen LogP contribution in [0, 0.1) is 13.8 Å². The van der Waals surface area contributed by atoms with Crippen molar-refractivity contribution in [2.75, 3.05) is 13.2 Å². The molecule has 0 radical (unpaired) electrons. The molecule has 0 aliphatic carbocycles. The molecular weight excluding hydrogens is 507 g/mol. The van der Waals surface area contributed by atoms with Crippen molar-refractivity contribution in [3.05, 3.63) is 40.7 Å². The van der Waals surface area contributed by atoms with Gasteiger partial charge in [-0.1, -0.05) is 12.1 Å². The van der Waals surface area contributed by atoms with Crippen LogP contribution in [0.5, 0.6) is 11.5 Å². The molecule has 0 unspecified atom stereocenters. The predicted octanol–water partition coefficient (Wildman–Crippen LogP) is 3.91. The summed E-state index contributed by atoms with van der Waals surface area (Å²) in [7, 11) is 1.90. The van der Waals surface area contributed by atoms with Crippen molar-refractivity contribution in [2.24, 2.45) is 12.0 Å². The second kappa shape index (κ2) is 12.6. The van der Waals surface area contributed by atoms with E-state index in [-0.39, 0.29) is 42.0 Å². The van der Waals surface area contributed by atoms with Crippen LogP contribution in [0.2, 0.25) is 0 Å². The van der Waals surface area contributed by atoms with Gasteiger partial charge < -0.3 is 20.1 Å². The lowest BCUT2D eigenvalue weighted by molar-refractivity contribution is -0.0520. The minimum absolute atomic E-state index is 0. The van der Waals surface area contributed by atoms with Crippen LogP contribution >= 0.6 is 24.0 Å². The second-order valence-electron chi connectivity index (χ2n) is 6.38. The van der Waals surface area contributed by atoms with Gasteiger partial charge in [-0.25, -0.2) is 4.99 Å². The number of alkyl halides is 2. The molecule has 7 nitrogen and oxygen atoms in total. The Balaban J connectivity index is 0.00000450. The van der Waals surface area contributed by atoms with E-state index in [1.807, 2.05) is 32.5 Å². The van der Waals surface area contributed by atoms with Gasteiger partial charge in [0.05, 0.1) is 18.8 Å². The Morgan fingerprint density at radius 1 is 1.23 bits per heavy atom. The van der Waals surface area contributed by atoms with Crippen LogP contribution in [0.15, 0.2) is 23.2 Å². The number of para-hydroxylation sites is 1. The first-order valence-electron chi connectivity index (χ1n) is 9.58. The molecule has 10 heteroatoms. The Morgan fingerprint density at radius 3 is 2.53 bits per heavy atom. The Hall–Kier alpha value is -2.11. The SMILES string of the molecule is CCNC(=NCc1cccc(OCC)c1OC(F)F)NCc1c(C)nn(C)c1C.I. The summed E-state index contributed by atoms with van der Waals surface area (Å²) in [6, 6.07) is 5.03. The van der Waals surface area contributed by atoms with Crippen molar-refractivity contribution in [3.8, 4) is 11.5 Å². The summed E-state index contributed by atoms with van der Waals surface area (Å²) in [4.78, 5) is 4.52. The van der Waals surface area contributed by atoms with Gasteiger partial charge in [0.15, 0.2) is 17.5 Å². The van der Waals surface area contributed by atoms with E-state index in [0.717, 1.165) is 17.0 Å². The number of aryl methyl sites for hydroxylation is 2. The summed E-state index contributed by atoms with van der Waals surface area (Å²) < 4.78 is 37.7. The van der Waals surface area contributed by atoms with Crippen molar-refractivity contribution < 1.29 is 18.3 Å². The molecule has 0 aliphatic rings. The molecule has 0 spiro atoms. The second-order valence-corrected chi connectivity index (χ2v) is 6.38. The van der Waals surface area contributed by atoms with Gasteiger partial charge >= 0.3 is 6.61 Å². The van der Waals surface area contributed by atoms with Crippen LogP contribution in [0.1, 0.15) is 36.4 Å². The van der Waals surface area contributed by atoms with Crippen molar-refractivity contribution >= 4 is 29.9 Å². The monoisotopic (exact) mass is 537 g/mol. The van der Waals surface area contributed by atoms with E-state index in [1.54, 1.807) is 25.1 Å². The molecular formula is C20H30F2IN5O2. The number of halogens is 3. The van der Waals surface area contributed by atoms with Gasteiger partial charge in [0.2, 0.25) is 0 Å². The Bertz CT molecular complexity index is 843. The maximum Gasteiger partial charge on any atom is 0.387 e. The van der Waals surface area contributed by atoms with Gasteiger partial charge in [-0.05, 0) is 33.8 Å². The Kier molecular flexibility index (Phi) is 10.8. The predicted molar refractivity (Wildman–Crippen MR) is 124 cm³/mol. The van der Waals surface area contributed by atoms with Crippen LogP contribution < -0.4 is 20.1 Å². The van der Waals surface area contributed by atoms with Gasteiger partial charge in [0.1, 0.15) is 0 Å². The van der Waals surface area contributed by atoms with Gasteiger partial charge in [0, 0.05) is 37.0 Å². The van der Waals surface area contributed by atoms with Crippen LogP contribution in [0.25, 0.3) is 0 Å². The highest BCUT2D eigenvalue weighted by Gasteiger charge is 2.16. The molecule has 0 atom stereocenters. The third-order valence-electron chi connectivity index (χ3n) is 4.41. The highest BCUT2D eigenvalue weighted by Crippen LogP contribution is 2.33. The average molecular weight is 537 g/mol. The summed E-state index contributed by atoms with van der Waals surface area (Å²) in [5, 5.41) is 10.8. The van der Waals surface area contributed by atoms with E-state index in [4.69, 9.17) is 9.47 Å². The topological polar surface area (TPSA) is 72.7 Å². The van der Waals surface area contributed by atoms with Crippen LogP contribution in [0.3, 0.4) is 0 Å². The molecule has 1 aromatic carbocycles. The number of hydrogen-bond donors (Lipinski definition) is 2. The summed E-state index contributed by atoms with van der Waals surface area (Å²) in [6.45, 7) is 6.49. The molecule has 2 aromatic rings. The van der Waals surface area contributed by atoms with E-state index < -0.39 is 6.61 Å². The standard InChI is InChI=1S/C20H29F2N5O2.HI/c1-6-23-20(25-12-16-13(3)26-27(5)14(16)4)24-11-15-9-8-10-17(28-7-2)18(15)29-19(21)22;/h8-10,19H,6-7,11-12H2,1-5H3,(H2,23,24,25);1H. The molecule has 2 N–H and O–H groups in total. The molecule has 0 saturated carbocycles. The molecule has 30 heavy (non-hydrogen) atoms. The summed E-state index contributed by atoms with van der Waals surface area (Å²) in [6.07, 6.45) is 0. The third kappa shape index (κ3) is 6.99. The van der Waals surface area contributed by atoms with E-state index in [0.29, 0.717) is 31.2 Å². The maximum atomic E-state index is 12.9. The fourth-order valence-electron chi connectivity index (χ4n) is 2.93. The number of rotatable bonds is 9. The first-order chi connectivity index (χ1) is 13.9. The first kappa shape index (κ1) is 25.9. The largest absolute Gasteiger partial charge is 0.490 e. The zero-order chi connectivity index (χ0) is 21.4. The van der Waals surface area contributed by atoms with Crippen molar-refractivity contribution in [2.45, 2.75) is 47.4 Å². The normalized spacial score (nSPS) is 11.3. The lowest BCUT2D eigenvalue weighted by Gasteiger charge is -2.15. The fourth-order valence-corrected chi connectivity index (χ4v) is 2.93. The van der Waals surface area contributed by atoms with E-state index >= 15 is 0 Å². The molecule has 0 amide bonds. The third-order valence-corrected chi connectivity index (χ3v) is 4.41. The lowest BCUT2D eigenvalue weighted by atomic mass is 10.2. The smallest absolute Gasteiger partial charge is 0.387 e. The van der Waals surface area contributed by atoms with E-state index in [9.17, 15) is 8.78 Å². The Labute approximate surface area is 193 Å². The number of guanidine groups is 1.